The molecule has 1 aromatic heterocycles. The summed E-state index contributed by atoms with van der Waals surface area (Å²) in [4.78, 5) is 2.54. The molecule has 0 aliphatic carbocycles. The Labute approximate surface area is 116 Å². The molecule has 1 atom stereocenters. The molecule has 0 saturated heterocycles. The number of rotatable bonds is 2. The van der Waals surface area contributed by atoms with E-state index in [-0.39, 0.29) is 0 Å². The standard InChI is InChI=1S/C15H17BrN2/c1-12-15-6-3-7-17(15)8-9-18(12)11-13-4-2-5-14(16)10-13/h2-7,10,12H,8-9,11H2,1H3. The van der Waals surface area contributed by atoms with Crippen molar-refractivity contribution >= 4 is 15.9 Å². The fourth-order valence-electron chi connectivity index (χ4n) is 2.71. The maximum Gasteiger partial charge on any atom is 0.0476 e. The van der Waals surface area contributed by atoms with Crippen molar-refractivity contribution in [1.82, 2.24) is 9.47 Å². The quantitative estimate of drug-likeness (QED) is 0.818. The first-order valence-electron chi connectivity index (χ1n) is 6.37. The number of fused-ring (bicyclic) bond motifs is 1. The summed E-state index contributed by atoms with van der Waals surface area (Å²) in [7, 11) is 0. The maximum atomic E-state index is 3.54. The molecule has 1 unspecified atom stereocenters. The van der Waals surface area contributed by atoms with Crippen LogP contribution in [0, 0.1) is 0 Å². The van der Waals surface area contributed by atoms with E-state index in [4.69, 9.17) is 0 Å². The summed E-state index contributed by atoms with van der Waals surface area (Å²) in [6, 6.07) is 13.5. The van der Waals surface area contributed by atoms with Crippen molar-refractivity contribution < 1.29 is 0 Å². The van der Waals surface area contributed by atoms with Crippen LogP contribution >= 0.6 is 15.9 Å². The fraction of sp³-hybridized carbons (Fsp3) is 0.333. The highest BCUT2D eigenvalue weighted by atomic mass is 79.9. The number of hydrogen-bond donors (Lipinski definition) is 0. The zero-order chi connectivity index (χ0) is 12.5. The van der Waals surface area contributed by atoms with Gasteiger partial charge in [0, 0.05) is 42.0 Å². The number of aromatic nitrogens is 1. The van der Waals surface area contributed by atoms with E-state index in [1.807, 2.05) is 0 Å². The SMILES string of the molecule is CC1c2cccn2CCN1Cc1cccc(Br)c1. The Hall–Kier alpha value is -1.06. The van der Waals surface area contributed by atoms with Gasteiger partial charge in [0.1, 0.15) is 0 Å². The third kappa shape index (κ3) is 2.25. The third-order valence-electron chi connectivity index (χ3n) is 3.74. The van der Waals surface area contributed by atoms with Crippen molar-refractivity contribution in [3.8, 4) is 0 Å². The van der Waals surface area contributed by atoms with Crippen LogP contribution in [0.15, 0.2) is 47.1 Å². The summed E-state index contributed by atoms with van der Waals surface area (Å²) in [5.74, 6) is 0. The molecule has 2 heterocycles. The molecule has 1 aliphatic rings. The van der Waals surface area contributed by atoms with E-state index >= 15 is 0 Å². The van der Waals surface area contributed by atoms with Gasteiger partial charge in [-0.25, -0.2) is 0 Å². The van der Waals surface area contributed by atoms with Gasteiger partial charge in [0.15, 0.2) is 0 Å². The molecular weight excluding hydrogens is 288 g/mol. The number of hydrogen-bond acceptors (Lipinski definition) is 1. The Kier molecular flexibility index (Phi) is 3.27. The number of halogens is 1. The van der Waals surface area contributed by atoms with E-state index < -0.39 is 0 Å². The summed E-state index contributed by atoms with van der Waals surface area (Å²) < 4.78 is 3.52. The highest BCUT2D eigenvalue weighted by molar-refractivity contribution is 9.10. The van der Waals surface area contributed by atoms with Crippen LogP contribution in [0.3, 0.4) is 0 Å². The Morgan fingerprint density at radius 1 is 1.22 bits per heavy atom. The lowest BCUT2D eigenvalue weighted by atomic mass is 10.1. The Morgan fingerprint density at radius 2 is 2.11 bits per heavy atom. The second kappa shape index (κ2) is 4.90. The summed E-state index contributed by atoms with van der Waals surface area (Å²) in [5, 5.41) is 0. The predicted octanol–water partition coefficient (Wildman–Crippen LogP) is 3.83. The summed E-state index contributed by atoms with van der Waals surface area (Å²) in [6.45, 7) is 5.53. The molecular formula is C15H17BrN2. The van der Waals surface area contributed by atoms with Crippen LogP contribution in [-0.2, 0) is 13.1 Å². The molecule has 0 amide bonds. The van der Waals surface area contributed by atoms with Gasteiger partial charge in [-0.3, -0.25) is 4.90 Å². The molecule has 0 saturated carbocycles. The highest BCUT2D eigenvalue weighted by Gasteiger charge is 2.23. The highest BCUT2D eigenvalue weighted by Crippen LogP contribution is 2.27. The average molecular weight is 305 g/mol. The van der Waals surface area contributed by atoms with Crippen LogP contribution in [0.5, 0.6) is 0 Å². The lowest BCUT2D eigenvalue weighted by Gasteiger charge is -2.35. The van der Waals surface area contributed by atoms with Crippen molar-refractivity contribution in [3.63, 3.8) is 0 Å². The number of nitrogens with zero attached hydrogens (tertiary/aromatic N) is 2. The van der Waals surface area contributed by atoms with Gasteiger partial charge < -0.3 is 4.57 Å². The van der Waals surface area contributed by atoms with Crippen LogP contribution in [0.2, 0.25) is 0 Å². The fourth-order valence-corrected chi connectivity index (χ4v) is 3.16. The summed E-state index contributed by atoms with van der Waals surface area (Å²) >= 11 is 3.54. The van der Waals surface area contributed by atoms with Gasteiger partial charge in [-0.1, -0.05) is 28.1 Å². The van der Waals surface area contributed by atoms with E-state index in [2.05, 4.69) is 74.9 Å². The molecule has 94 valence electrons. The normalized spacial score (nSPS) is 19.8. The average Bonchev–Trinajstić information content (AvgIpc) is 2.82. The van der Waals surface area contributed by atoms with E-state index in [9.17, 15) is 0 Å². The minimum Gasteiger partial charge on any atom is -0.349 e. The Morgan fingerprint density at radius 3 is 2.94 bits per heavy atom. The van der Waals surface area contributed by atoms with Gasteiger partial charge in [0.2, 0.25) is 0 Å². The van der Waals surface area contributed by atoms with Gasteiger partial charge in [-0.05, 0) is 36.8 Å². The minimum absolute atomic E-state index is 0.493. The molecule has 0 bridgehead atoms. The van der Waals surface area contributed by atoms with Gasteiger partial charge in [0.05, 0.1) is 0 Å². The van der Waals surface area contributed by atoms with Crippen LogP contribution < -0.4 is 0 Å². The molecule has 1 aromatic carbocycles. The van der Waals surface area contributed by atoms with E-state index in [0.717, 1.165) is 24.1 Å². The molecule has 3 rings (SSSR count). The van der Waals surface area contributed by atoms with Gasteiger partial charge in [-0.2, -0.15) is 0 Å². The van der Waals surface area contributed by atoms with Crippen LogP contribution in [0.25, 0.3) is 0 Å². The minimum atomic E-state index is 0.493. The monoisotopic (exact) mass is 304 g/mol. The van der Waals surface area contributed by atoms with Crippen molar-refractivity contribution in [2.45, 2.75) is 26.1 Å². The van der Waals surface area contributed by atoms with Crippen molar-refractivity contribution in [2.75, 3.05) is 6.54 Å². The van der Waals surface area contributed by atoms with E-state index in [1.54, 1.807) is 0 Å². The first-order chi connectivity index (χ1) is 8.74. The Bertz CT molecular complexity index is 547. The molecule has 0 spiro atoms. The molecule has 2 nitrogen and oxygen atoms in total. The third-order valence-corrected chi connectivity index (χ3v) is 4.24. The lowest BCUT2D eigenvalue weighted by molar-refractivity contribution is 0.161. The van der Waals surface area contributed by atoms with Crippen molar-refractivity contribution in [1.29, 1.82) is 0 Å². The smallest absolute Gasteiger partial charge is 0.0476 e. The van der Waals surface area contributed by atoms with Gasteiger partial charge in [0.25, 0.3) is 0 Å². The van der Waals surface area contributed by atoms with Crippen LogP contribution in [0.4, 0.5) is 0 Å². The molecule has 3 heteroatoms. The molecule has 0 N–H and O–H groups in total. The number of benzene rings is 1. The molecule has 1 aliphatic heterocycles. The first kappa shape index (κ1) is 12.0. The van der Waals surface area contributed by atoms with Crippen molar-refractivity contribution in [3.05, 3.63) is 58.3 Å². The second-order valence-corrected chi connectivity index (χ2v) is 5.82. The van der Waals surface area contributed by atoms with Gasteiger partial charge in [-0.15, -0.1) is 0 Å². The predicted molar refractivity (Wildman–Crippen MR) is 77.4 cm³/mol. The van der Waals surface area contributed by atoms with Crippen LogP contribution in [0.1, 0.15) is 24.2 Å². The van der Waals surface area contributed by atoms with Gasteiger partial charge >= 0.3 is 0 Å². The largest absolute Gasteiger partial charge is 0.349 e. The summed E-state index contributed by atoms with van der Waals surface area (Å²) in [5.41, 5.74) is 2.80. The topological polar surface area (TPSA) is 8.17 Å². The zero-order valence-electron chi connectivity index (χ0n) is 10.5. The maximum absolute atomic E-state index is 3.54. The van der Waals surface area contributed by atoms with E-state index in [1.165, 1.54) is 11.3 Å². The molecule has 18 heavy (non-hydrogen) atoms. The molecule has 2 aromatic rings. The first-order valence-corrected chi connectivity index (χ1v) is 7.17. The second-order valence-electron chi connectivity index (χ2n) is 4.90. The Balaban J connectivity index is 1.79. The van der Waals surface area contributed by atoms with Crippen molar-refractivity contribution in [2.24, 2.45) is 0 Å². The van der Waals surface area contributed by atoms with E-state index in [0.29, 0.717) is 6.04 Å². The zero-order valence-corrected chi connectivity index (χ0v) is 12.1. The van der Waals surface area contributed by atoms with Crippen LogP contribution in [-0.4, -0.2) is 16.0 Å². The lowest BCUT2D eigenvalue weighted by Crippen LogP contribution is -2.35. The summed E-state index contributed by atoms with van der Waals surface area (Å²) in [6.07, 6.45) is 2.18. The molecule has 0 radical (unpaired) electrons. The molecule has 0 fully saturated rings.